The predicted octanol–water partition coefficient (Wildman–Crippen LogP) is 0.382. The van der Waals surface area contributed by atoms with Gasteiger partial charge in [-0.3, -0.25) is 14.9 Å². The quantitative estimate of drug-likeness (QED) is 0.257. The number of hydrogen-bond acceptors (Lipinski definition) is 4. The Morgan fingerprint density at radius 3 is 2.73 bits per heavy atom. The van der Waals surface area contributed by atoms with Crippen molar-refractivity contribution in [3.05, 3.63) is 22.3 Å². The van der Waals surface area contributed by atoms with Crippen LogP contribution in [-0.2, 0) is 9.53 Å². The average Bonchev–Trinajstić information content (AvgIpc) is 1.85. The van der Waals surface area contributed by atoms with E-state index in [9.17, 15) is 14.9 Å². The molecule has 0 saturated heterocycles. The van der Waals surface area contributed by atoms with Crippen LogP contribution in [0.2, 0.25) is 0 Å². The van der Waals surface area contributed by atoms with Gasteiger partial charge in [-0.15, -0.1) is 0 Å². The monoisotopic (exact) mass is 159 g/mol. The van der Waals surface area contributed by atoms with E-state index in [2.05, 4.69) is 4.74 Å². The highest BCUT2D eigenvalue weighted by Gasteiger charge is 1.89. The molecule has 0 radical (unpaired) electrons. The lowest BCUT2D eigenvalue weighted by molar-refractivity contribution is -0.468. The summed E-state index contributed by atoms with van der Waals surface area (Å²) in [4.78, 5) is 19.4. The molecule has 5 heteroatoms. The zero-order valence-electron chi connectivity index (χ0n) is 6.15. The van der Waals surface area contributed by atoms with Gasteiger partial charge in [-0.05, 0) is 12.2 Å². The third-order valence-corrected chi connectivity index (χ3v) is 0.804. The Bertz CT molecular complexity index is 175. The lowest BCUT2D eigenvalue weighted by atomic mass is 10.5. The smallest absolute Gasteiger partial charge is 0.302 e. The van der Waals surface area contributed by atoms with Crippen LogP contribution in [0.1, 0.15) is 6.92 Å². The van der Waals surface area contributed by atoms with Crippen LogP contribution in [0.25, 0.3) is 0 Å². The molecule has 0 fully saturated rings. The Hall–Kier alpha value is -1.39. The molecule has 5 nitrogen and oxygen atoms in total. The molecule has 0 unspecified atom stereocenters. The summed E-state index contributed by atoms with van der Waals surface area (Å²) < 4.78 is 4.48. The summed E-state index contributed by atoms with van der Waals surface area (Å²) in [5.74, 6) is -0.393. The van der Waals surface area contributed by atoms with Crippen molar-refractivity contribution < 1.29 is 14.5 Å². The van der Waals surface area contributed by atoms with Crippen LogP contribution in [0.4, 0.5) is 0 Å². The third-order valence-electron chi connectivity index (χ3n) is 0.804. The highest BCUT2D eigenvalue weighted by atomic mass is 16.6. The molecule has 0 aliphatic carbocycles. The molecule has 0 bridgehead atoms. The van der Waals surface area contributed by atoms with Gasteiger partial charge in [0.25, 0.3) is 0 Å². The number of hydrogen-bond donors (Lipinski definition) is 0. The van der Waals surface area contributed by atoms with Crippen molar-refractivity contribution in [2.24, 2.45) is 0 Å². The van der Waals surface area contributed by atoms with Gasteiger partial charge in [0.2, 0.25) is 6.54 Å². The van der Waals surface area contributed by atoms with E-state index < -0.39 is 10.9 Å². The fourth-order valence-corrected chi connectivity index (χ4v) is 0.394. The molecule has 0 saturated carbocycles. The zero-order valence-corrected chi connectivity index (χ0v) is 6.15. The Labute approximate surface area is 63.8 Å². The van der Waals surface area contributed by atoms with E-state index in [1.807, 2.05) is 0 Å². The van der Waals surface area contributed by atoms with Gasteiger partial charge < -0.3 is 4.74 Å². The first-order valence-electron chi connectivity index (χ1n) is 3.03. The lowest BCUT2D eigenvalue weighted by Crippen LogP contribution is -1.99. The molecule has 0 spiro atoms. The van der Waals surface area contributed by atoms with Crippen molar-refractivity contribution in [3.8, 4) is 0 Å². The van der Waals surface area contributed by atoms with Gasteiger partial charge in [-0.25, -0.2) is 0 Å². The van der Waals surface area contributed by atoms with Crippen LogP contribution in [0.15, 0.2) is 12.2 Å². The Morgan fingerprint density at radius 2 is 2.27 bits per heavy atom. The van der Waals surface area contributed by atoms with Gasteiger partial charge in [-0.1, -0.05) is 0 Å². The molecule has 0 amide bonds. The first-order valence-corrected chi connectivity index (χ1v) is 3.03. The molecule has 0 heterocycles. The maximum atomic E-state index is 10.2. The van der Waals surface area contributed by atoms with Crippen molar-refractivity contribution in [1.29, 1.82) is 0 Å². The SMILES string of the molecule is CC(=O)OCC=CC[N+](=O)[O-]. The number of ether oxygens (including phenoxy) is 1. The van der Waals surface area contributed by atoms with Crippen molar-refractivity contribution in [2.75, 3.05) is 13.2 Å². The molecule has 0 atom stereocenters. The fourth-order valence-electron chi connectivity index (χ4n) is 0.394. The van der Waals surface area contributed by atoms with Crippen LogP contribution >= 0.6 is 0 Å². The molecule has 0 aliphatic rings. The molecule has 0 aromatic rings. The second-order valence-corrected chi connectivity index (χ2v) is 1.79. The number of esters is 1. The third kappa shape index (κ3) is 8.61. The van der Waals surface area contributed by atoms with Gasteiger partial charge in [0, 0.05) is 11.8 Å². The summed E-state index contributed by atoms with van der Waals surface area (Å²) in [6.07, 6.45) is 2.77. The first-order chi connectivity index (χ1) is 5.13. The average molecular weight is 159 g/mol. The Morgan fingerprint density at radius 1 is 1.64 bits per heavy atom. The van der Waals surface area contributed by atoms with Gasteiger partial charge in [0.15, 0.2) is 0 Å². The van der Waals surface area contributed by atoms with E-state index in [1.54, 1.807) is 0 Å². The predicted molar refractivity (Wildman–Crippen MR) is 37.6 cm³/mol. The zero-order chi connectivity index (χ0) is 8.69. The van der Waals surface area contributed by atoms with Crippen LogP contribution in [0.5, 0.6) is 0 Å². The second kappa shape index (κ2) is 5.40. The molecule has 0 aliphatic heterocycles. The molecule has 0 N–H and O–H groups in total. The molecule has 11 heavy (non-hydrogen) atoms. The van der Waals surface area contributed by atoms with E-state index in [4.69, 9.17) is 0 Å². The topological polar surface area (TPSA) is 69.4 Å². The lowest BCUT2D eigenvalue weighted by Gasteiger charge is -1.92. The summed E-state index contributed by atoms with van der Waals surface area (Å²) in [5, 5.41) is 9.74. The van der Waals surface area contributed by atoms with E-state index in [0.29, 0.717) is 0 Å². The first kappa shape index (κ1) is 9.61. The van der Waals surface area contributed by atoms with Crippen LogP contribution in [-0.4, -0.2) is 24.0 Å². The number of rotatable bonds is 4. The molecule has 0 aromatic carbocycles. The van der Waals surface area contributed by atoms with Gasteiger partial charge >= 0.3 is 5.97 Å². The van der Waals surface area contributed by atoms with Gasteiger partial charge in [0.1, 0.15) is 6.61 Å². The molecule has 0 rings (SSSR count). The molecular weight excluding hydrogens is 150 g/mol. The number of nitro groups is 1. The molecule has 62 valence electrons. The Balaban J connectivity index is 3.30. The van der Waals surface area contributed by atoms with Crippen molar-refractivity contribution in [1.82, 2.24) is 0 Å². The van der Waals surface area contributed by atoms with Crippen molar-refractivity contribution >= 4 is 5.97 Å². The van der Waals surface area contributed by atoms with Crippen LogP contribution < -0.4 is 0 Å². The van der Waals surface area contributed by atoms with Crippen molar-refractivity contribution in [2.45, 2.75) is 6.92 Å². The van der Waals surface area contributed by atoms with Crippen LogP contribution in [0.3, 0.4) is 0 Å². The normalized spacial score (nSPS) is 9.91. The maximum absolute atomic E-state index is 10.2. The number of carbonyl (C=O) groups is 1. The second-order valence-electron chi connectivity index (χ2n) is 1.79. The number of nitrogens with zero attached hydrogens (tertiary/aromatic N) is 1. The highest BCUT2D eigenvalue weighted by Crippen LogP contribution is 1.79. The van der Waals surface area contributed by atoms with Gasteiger partial charge in [0.05, 0.1) is 0 Å². The van der Waals surface area contributed by atoms with Gasteiger partial charge in [-0.2, -0.15) is 0 Å². The minimum atomic E-state index is -0.468. The minimum absolute atomic E-state index is 0.100. The molecule has 0 aromatic heterocycles. The fraction of sp³-hybridized carbons (Fsp3) is 0.500. The minimum Gasteiger partial charge on any atom is -0.462 e. The summed E-state index contributed by atoms with van der Waals surface area (Å²) in [5.41, 5.74) is 0. The summed E-state index contributed by atoms with van der Waals surface area (Å²) in [6, 6.07) is 0. The largest absolute Gasteiger partial charge is 0.462 e. The summed E-state index contributed by atoms with van der Waals surface area (Å²) in [6.45, 7) is 1.14. The highest BCUT2D eigenvalue weighted by molar-refractivity contribution is 5.65. The summed E-state index contributed by atoms with van der Waals surface area (Å²) >= 11 is 0. The Kier molecular flexibility index (Phi) is 4.72. The maximum Gasteiger partial charge on any atom is 0.302 e. The summed E-state index contributed by atoms with van der Waals surface area (Å²) in [7, 11) is 0. The van der Waals surface area contributed by atoms with E-state index >= 15 is 0 Å². The van der Waals surface area contributed by atoms with E-state index in [-0.39, 0.29) is 13.2 Å². The van der Waals surface area contributed by atoms with Crippen molar-refractivity contribution in [3.63, 3.8) is 0 Å². The van der Waals surface area contributed by atoms with Crippen LogP contribution in [0, 0.1) is 10.1 Å². The molecular formula is C6H9NO4. The van der Waals surface area contributed by atoms with E-state index in [1.165, 1.54) is 19.1 Å². The number of carbonyl (C=O) groups excluding carboxylic acids is 1. The standard InChI is InChI=1S/C6H9NO4/c1-6(8)11-5-3-2-4-7(9)10/h2-3H,4-5H2,1H3. The van der Waals surface area contributed by atoms with E-state index in [0.717, 1.165) is 0 Å².